The molecule has 0 spiro atoms. The van der Waals surface area contributed by atoms with Crippen LogP contribution in [-0.4, -0.2) is 5.75 Å². The van der Waals surface area contributed by atoms with Gasteiger partial charge in [0.2, 0.25) is 0 Å². The van der Waals surface area contributed by atoms with Crippen molar-refractivity contribution in [2.45, 2.75) is 32.1 Å². The number of benzene rings is 3. The fourth-order valence-corrected chi connectivity index (χ4v) is 3.43. The molecular weight excluding hydrogens is 334 g/mol. The second-order valence-corrected chi connectivity index (χ2v) is 7.01. The van der Waals surface area contributed by atoms with Crippen molar-refractivity contribution in [1.29, 1.82) is 0 Å². The smallest absolute Gasteiger partial charge is 0.0461 e. The lowest BCUT2D eigenvalue weighted by Crippen LogP contribution is -2.09. The van der Waals surface area contributed by atoms with Gasteiger partial charge < -0.3 is 4.90 Å². The monoisotopic (exact) mass is 361 g/mol. The summed E-state index contributed by atoms with van der Waals surface area (Å²) in [5.41, 5.74) is 4.97. The van der Waals surface area contributed by atoms with Crippen LogP contribution in [0.5, 0.6) is 0 Å². The van der Waals surface area contributed by atoms with Crippen molar-refractivity contribution in [1.82, 2.24) is 0 Å². The molecule has 1 nitrogen and oxygen atoms in total. The molecule has 0 aliphatic rings. The van der Waals surface area contributed by atoms with Crippen molar-refractivity contribution < 1.29 is 0 Å². The van der Waals surface area contributed by atoms with E-state index in [0.717, 1.165) is 12.2 Å². The Morgan fingerprint density at radius 1 is 0.538 bits per heavy atom. The molecule has 134 valence electrons. The molecule has 0 radical (unpaired) electrons. The maximum atomic E-state index is 4.28. The van der Waals surface area contributed by atoms with Crippen molar-refractivity contribution in [3.63, 3.8) is 0 Å². The number of para-hydroxylation sites is 2. The molecule has 0 unspecified atom stereocenters. The second kappa shape index (κ2) is 10.1. The number of rotatable bonds is 9. The lowest BCUT2D eigenvalue weighted by atomic mass is 10.1. The topological polar surface area (TPSA) is 3.24 Å². The first-order valence-corrected chi connectivity index (χ1v) is 10.1. The zero-order valence-electron chi connectivity index (χ0n) is 15.2. The van der Waals surface area contributed by atoms with E-state index < -0.39 is 0 Å². The lowest BCUT2D eigenvalue weighted by Gasteiger charge is -2.25. The molecule has 0 N–H and O–H groups in total. The molecule has 0 atom stereocenters. The summed E-state index contributed by atoms with van der Waals surface area (Å²) in [6, 6.07) is 30.1. The fourth-order valence-electron chi connectivity index (χ4n) is 3.21. The number of unbranched alkanes of at least 4 members (excludes halogenated alkanes) is 3. The van der Waals surface area contributed by atoms with Crippen LogP contribution in [0.2, 0.25) is 0 Å². The highest BCUT2D eigenvalue weighted by Gasteiger charge is 2.11. The highest BCUT2D eigenvalue weighted by molar-refractivity contribution is 7.80. The number of hydrogen-bond donors (Lipinski definition) is 1. The van der Waals surface area contributed by atoms with Crippen molar-refractivity contribution in [2.24, 2.45) is 0 Å². The van der Waals surface area contributed by atoms with Crippen LogP contribution in [0.1, 0.15) is 31.2 Å². The first kappa shape index (κ1) is 18.6. The van der Waals surface area contributed by atoms with Crippen LogP contribution >= 0.6 is 12.6 Å². The van der Waals surface area contributed by atoms with Crippen LogP contribution in [0.15, 0.2) is 84.9 Å². The van der Waals surface area contributed by atoms with E-state index in [4.69, 9.17) is 0 Å². The number of anilines is 3. The molecule has 0 amide bonds. The molecule has 3 aromatic carbocycles. The Morgan fingerprint density at radius 2 is 1.04 bits per heavy atom. The van der Waals surface area contributed by atoms with Gasteiger partial charge in [-0.05, 0) is 67.0 Å². The third-order valence-electron chi connectivity index (χ3n) is 4.60. The highest BCUT2D eigenvalue weighted by atomic mass is 32.1. The third kappa shape index (κ3) is 5.15. The molecule has 0 aliphatic carbocycles. The normalized spacial score (nSPS) is 10.7. The van der Waals surface area contributed by atoms with Crippen LogP contribution in [0, 0.1) is 0 Å². The van der Waals surface area contributed by atoms with Gasteiger partial charge in [-0.1, -0.05) is 61.4 Å². The first-order chi connectivity index (χ1) is 12.9. The van der Waals surface area contributed by atoms with Gasteiger partial charge in [-0.3, -0.25) is 0 Å². The van der Waals surface area contributed by atoms with Crippen LogP contribution in [0.25, 0.3) is 0 Å². The average molecular weight is 362 g/mol. The lowest BCUT2D eigenvalue weighted by molar-refractivity contribution is 0.671. The van der Waals surface area contributed by atoms with E-state index in [1.807, 2.05) is 0 Å². The van der Waals surface area contributed by atoms with E-state index in [0.29, 0.717) is 0 Å². The third-order valence-corrected chi connectivity index (χ3v) is 4.91. The molecule has 0 aliphatic heterocycles. The molecule has 0 aromatic heterocycles. The molecule has 3 rings (SSSR count). The minimum atomic E-state index is 1.00. The minimum absolute atomic E-state index is 1.00. The molecular formula is C24H27NS. The zero-order valence-corrected chi connectivity index (χ0v) is 16.1. The molecule has 0 heterocycles. The van der Waals surface area contributed by atoms with Crippen LogP contribution in [0.4, 0.5) is 17.1 Å². The standard InChI is InChI=1S/C24H27NS/c26-20-10-2-1-5-11-21-16-18-24(19-17-21)25(22-12-6-3-7-13-22)23-14-8-4-9-15-23/h3-4,6-9,12-19,26H,1-2,5,10-11,20H2. The number of hydrogen-bond acceptors (Lipinski definition) is 2. The predicted molar refractivity (Wildman–Crippen MR) is 117 cm³/mol. The van der Waals surface area contributed by atoms with Gasteiger partial charge in [0.25, 0.3) is 0 Å². The van der Waals surface area contributed by atoms with Gasteiger partial charge in [-0.2, -0.15) is 12.6 Å². The molecule has 2 heteroatoms. The van der Waals surface area contributed by atoms with Gasteiger partial charge >= 0.3 is 0 Å². The zero-order chi connectivity index (χ0) is 18.0. The van der Waals surface area contributed by atoms with E-state index in [2.05, 4.69) is 102 Å². The van der Waals surface area contributed by atoms with E-state index in [-0.39, 0.29) is 0 Å². The van der Waals surface area contributed by atoms with Gasteiger partial charge in [-0.15, -0.1) is 0 Å². The summed E-state index contributed by atoms with van der Waals surface area (Å²) < 4.78 is 0. The molecule has 0 saturated carbocycles. The van der Waals surface area contributed by atoms with E-state index in [1.54, 1.807) is 0 Å². The van der Waals surface area contributed by atoms with Gasteiger partial charge in [0.15, 0.2) is 0 Å². The Balaban J connectivity index is 1.75. The van der Waals surface area contributed by atoms with Gasteiger partial charge in [0, 0.05) is 17.1 Å². The summed E-state index contributed by atoms with van der Waals surface area (Å²) in [7, 11) is 0. The Morgan fingerprint density at radius 3 is 1.58 bits per heavy atom. The highest BCUT2D eigenvalue weighted by Crippen LogP contribution is 2.34. The molecule has 0 bridgehead atoms. The van der Waals surface area contributed by atoms with Gasteiger partial charge in [-0.25, -0.2) is 0 Å². The summed E-state index contributed by atoms with van der Waals surface area (Å²) in [5, 5.41) is 0. The molecule has 0 fully saturated rings. The summed E-state index contributed by atoms with van der Waals surface area (Å²) in [6.45, 7) is 0. The fraction of sp³-hybridized carbons (Fsp3) is 0.250. The predicted octanol–water partition coefficient (Wildman–Crippen LogP) is 7.19. The van der Waals surface area contributed by atoms with E-state index in [1.165, 1.54) is 48.3 Å². The number of nitrogens with zero attached hydrogens (tertiary/aromatic N) is 1. The Kier molecular flexibility index (Phi) is 7.21. The van der Waals surface area contributed by atoms with Crippen LogP contribution in [-0.2, 0) is 6.42 Å². The maximum Gasteiger partial charge on any atom is 0.0461 e. The largest absolute Gasteiger partial charge is 0.311 e. The van der Waals surface area contributed by atoms with Crippen LogP contribution in [0.3, 0.4) is 0 Å². The Bertz CT molecular complexity index is 714. The summed E-state index contributed by atoms with van der Waals surface area (Å²) in [6.07, 6.45) is 6.22. The molecule has 26 heavy (non-hydrogen) atoms. The SMILES string of the molecule is SCCCCCCc1ccc(N(c2ccccc2)c2ccccc2)cc1. The first-order valence-electron chi connectivity index (χ1n) is 9.48. The Labute approximate surface area is 163 Å². The number of aryl methyl sites for hydroxylation is 1. The van der Waals surface area contributed by atoms with E-state index in [9.17, 15) is 0 Å². The summed E-state index contributed by atoms with van der Waals surface area (Å²) in [4.78, 5) is 2.30. The van der Waals surface area contributed by atoms with E-state index >= 15 is 0 Å². The van der Waals surface area contributed by atoms with Crippen molar-refractivity contribution in [2.75, 3.05) is 10.7 Å². The number of thiol groups is 1. The van der Waals surface area contributed by atoms with Crippen molar-refractivity contribution in [3.8, 4) is 0 Å². The average Bonchev–Trinajstić information content (AvgIpc) is 2.71. The quantitative estimate of drug-likeness (QED) is 0.312. The maximum absolute atomic E-state index is 4.28. The summed E-state index contributed by atoms with van der Waals surface area (Å²) in [5.74, 6) is 1.00. The van der Waals surface area contributed by atoms with Gasteiger partial charge in [0.05, 0.1) is 0 Å². The van der Waals surface area contributed by atoms with Gasteiger partial charge in [0.1, 0.15) is 0 Å². The molecule has 0 saturated heterocycles. The molecule has 3 aromatic rings. The van der Waals surface area contributed by atoms with Crippen molar-refractivity contribution in [3.05, 3.63) is 90.5 Å². The second-order valence-electron chi connectivity index (χ2n) is 6.56. The van der Waals surface area contributed by atoms with Crippen molar-refractivity contribution >= 4 is 29.7 Å². The van der Waals surface area contributed by atoms with Crippen LogP contribution < -0.4 is 4.90 Å². The minimum Gasteiger partial charge on any atom is -0.311 e. The summed E-state index contributed by atoms with van der Waals surface area (Å²) >= 11 is 4.28. The Hall–Kier alpha value is -2.19.